The lowest BCUT2D eigenvalue weighted by molar-refractivity contribution is -0.127. The number of carbonyl (C=O) groups excluding carboxylic acids is 2. The van der Waals surface area contributed by atoms with E-state index >= 15 is 0 Å². The first kappa shape index (κ1) is 24.7. The van der Waals surface area contributed by atoms with Gasteiger partial charge in [0.25, 0.3) is 0 Å². The molecule has 3 atom stereocenters. The summed E-state index contributed by atoms with van der Waals surface area (Å²) < 4.78 is 13.3. The number of nitrogens with zero attached hydrogens (tertiary/aromatic N) is 1. The third kappa shape index (κ3) is 4.61. The predicted molar refractivity (Wildman–Crippen MR) is 144 cm³/mol. The lowest BCUT2D eigenvalue weighted by atomic mass is 9.78. The summed E-state index contributed by atoms with van der Waals surface area (Å²) in [6.07, 6.45) is 3.59. The molecule has 3 aromatic rings. The molecule has 7 heteroatoms. The van der Waals surface area contributed by atoms with Crippen LogP contribution in [0.3, 0.4) is 0 Å². The summed E-state index contributed by atoms with van der Waals surface area (Å²) in [6.45, 7) is 3.92. The van der Waals surface area contributed by atoms with Gasteiger partial charge in [-0.2, -0.15) is 0 Å². The highest BCUT2D eigenvalue weighted by atomic mass is 19.1. The molecule has 0 aromatic heterocycles. The van der Waals surface area contributed by atoms with E-state index < -0.39 is 17.5 Å². The molecule has 1 aliphatic heterocycles. The average Bonchev–Trinajstić information content (AvgIpc) is 3.75. The Morgan fingerprint density at radius 2 is 1.81 bits per heavy atom. The van der Waals surface area contributed by atoms with Gasteiger partial charge in [-0.1, -0.05) is 37.3 Å². The molecule has 190 valence electrons. The Morgan fingerprint density at radius 3 is 2.43 bits per heavy atom. The van der Waals surface area contributed by atoms with Crippen molar-refractivity contribution in [2.75, 3.05) is 10.2 Å². The second kappa shape index (κ2) is 9.81. The quantitative estimate of drug-likeness (QED) is 0.335. The van der Waals surface area contributed by atoms with Crippen LogP contribution in [-0.4, -0.2) is 24.1 Å². The molecule has 1 saturated heterocycles. The molecular weight excluding hydrogens is 467 g/mol. The monoisotopic (exact) mass is 498 g/mol. The van der Waals surface area contributed by atoms with Gasteiger partial charge in [-0.25, -0.2) is 4.39 Å². The van der Waals surface area contributed by atoms with Crippen molar-refractivity contribution in [3.63, 3.8) is 0 Å². The molecule has 2 amide bonds. The van der Waals surface area contributed by atoms with Crippen LogP contribution < -0.4 is 15.5 Å². The van der Waals surface area contributed by atoms with Crippen molar-refractivity contribution in [3.05, 3.63) is 89.7 Å². The zero-order valence-corrected chi connectivity index (χ0v) is 21.0. The molecule has 1 aliphatic carbocycles. The predicted octanol–water partition coefficient (Wildman–Crippen LogP) is 5.97. The van der Waals surface area contributed by atoms with Crippen molar-refractivity contribution in [3.8, 4) is 0 Å². The number of halogens is 1. The zero-order chi connectivity index (χ0) is 26.2. The highest BCUT2D eigenvalue weighted by molar-refractivity contribution is 6.03. The van der Waals surface area contributed by atoms with Crippen molar-refractivity contribution in [2.45, 2.75) is 45.2 Å². The van der Waals surface area contributed by atoms with E-state index in [1.165, 1.54) is 18.3 Å². The molecule has 5 rings (SSSR count). The van der Waals surface area contributed by atoms with Gasteiger partial charge in [-0.3, -0.25) is 9.59 Å². The number of carbonyl (C=O) groups is 2. The molecule has 0 unspecified atom stereocenters. The van der Waals surface area contributed by atoms with E-state index in [2.05, 4.69) is 10.6 Å². The molecule has 0 bridgehead atoms. The van der Waals surface area contributed by atoms with Gasteiger partial charge in [-0.15, -0.1) is 0 Å². The van der Waals surface area contributed by atoms with Gasteiger partial charge < -0.3 is 20.9 Å². The molecule has 1 heterocycles. The van der Waals surface area contributed by atoms with E-state index in [1.54, 1.807) is 17.0 Å². The van der Waals surface area contributed by atoms with Crippen LogP contribution >= 0.6 is 0 Å². The normalized spacial score (nSPS) is 23.1. The van der Waals surface area contributed by atoms with E-state index in [4.69, 9.17) is 5.41 Å². The van der Waals surface area contributed by atoms with Crippen LogP contribution in [0.15, 0.2) is 72.8 Å². The Labute approximate surface area is 216 Å². The van der Waals surface area contributed by atoms with Crippen LogP contribution in [-0.2, 0) is 9.59 Å². The summed E-state index contributed by atoms with van der Waals surface area (Å²) in [5.41, 5.74) is 2.76. The highest BCUT2D eigenvalue weighted by Crippen LogP contribution is 2.49. The summed E-state index contributed by atoms with van der Waals surface area (Å²) in [6, 6.07) is 20.5. The SMILES string of the molecule is CC[C@@]1(C)C(=O)N(c2ccc(Nc3ccc(F)cc3)c(C=N)c2)[C@H](c2ccccc2)[C@H]1NC(=O)C1CC1. The third-order valence-corrected chi connectivity index (χ3v) is 7.70. The first-order valence-corrected chi connectivity index (χ1v) is 12.7. The lowest BCUT2D eigenvalue weighted by Crippen LogP contribution is -2.48. The van der Waals surface area contributed by atoms with Gasteiger partial charge in [0.1, 0.15) is 5.82 Å². The van der Waals surface area contributed by atoms with Crippen molar-refractivity contribution in [1.29, 1.82) is 5.41 Å². The van der Waals surface area contributed by atoms with E-state index in [9.17, 15) is 14.0 Å². The van der Waals surface area contributed by atoms with E-state index in [0.29, 0.717) is 29.0 Å². The zero-order valence-electron chi connectivity index (χ0n) is 21.0. The maximum atomic E-state index is 14.1. The summed E-state index contributed by atoms with van der Waals surface area (Å²) in [5.74, 6) is -0.336. The standard InChI is InChI=1S/C30H31FN4O2/c1-3-30(2)27(34-28(36)20-9-10-20)26(19-7-5-4-6-8-19)35(29(30)37)24-15-16-25(21(17-24)18-32)33-23-13-11-22(31)12-14-23/h4-8,11-18,20,26-27,32-33H,3,9-10H2,1-2H3,(H,34,36)/t26-,27-,30-/m1/s1. The van der Waals surface area contributed by atoms with Crippen molar-refractivity contribution >= 4 is 35.1 Å². The van der Waals surface area contributed by atoms with Crippen LogP contribution in [0, 0.1) is 22.6 Å². The average molecular weight is 499 g/mol. The molecule has 37 heavy (non-hydrogen) atoms. The minimum Gasteiger partial charge on any atom is -0.355 e. The fourth-order valence-electron chi connectivity index (χ4n) is 5.15. The van der Waals surface area contributed by atoms with Crippen LogP contribution in [0.25, 0.3) is 0 Å². The summed E-state index contributed by atoms with van der Waals surface area (Å²) >= 11 is 0. The Bertz CT molecular complexity index is 1320. The maximum Gasteiger partial charge on any atom is 0.235 e. The minimum atomic E-state index is -0.791. The molecule has 3 N–H and O–H groups in total. The minimum absolute atomic E-state index is 0.0132. The maximum absolute atomic E-state index is 14.1. The van der Waals surface area contributed by atoms with E-state index in [0.717, 1.165) is 18.4 Å². The fourth-order valence-corrected chi connectivity index (χ4v) is 5.15. The Kier molecular flexibility index (Phi) is 6.54. The molecule has 3 aromatic carbocycles. The summed E-state index contributed by atoms with van der Waals surface area (Å²) in [5, 5.41) is 14.5. The van der Waals surface area contributed by atoms with E-state index in [-0.39, 0.29) is 23.5 Å². The van der Waals surface area contributed by atoms with Crippen molar-refractivity contribution in [2.24, 2.45) is 11.3 Å². The number of hydrogen-bond donors (Lipinski definition) is 3. The fraction of sp³-hybridized carbons (Fsp3) is 0.300. The highest BCUT2D eigenvalue weighted by Gasteiger charge is 2.57. The number of anilines is 3. The van der Waals surface area contributed by atoms with Crippen LogP contribution in [0.2, 0.25) is 0 Å². The van der Waals surface area contributed by atoms with Gasteiger partial charge in [0.15, 0.2) is 0 Å². The molecule has 0 spiro atoms. The smallest absolute Gasteiger partial charge is 0.235 e. The molecule has 1 saturated carbocycles. The van der Waals surface area contributed by atoms with Gasteiger partial charge in [0.2, 0.25) is 11.8 Å². The first-order chi connectivity index (χ1) is 17.9. The number of benzene rings is 3. The van der Waals surface area contributed by atoms with Crippen LogP contribution in [0.4, 0.5) is 21.5 Å². The molecule has 0 radical (unpaired) electrons. The number of hydrogen-bond acceptors (Lipinski definition) is 4. The Morgan fingerprint density at radius 1 is 1.11 bits per heavy atom. The van der Waals surface area contributed by atoms with Crippen LogP contribution in [0.5, 0.6) is 0 Å². The number of nitrogens with one attached hydrogen (secondary N) is 3. The molecular formula is C30H31FN4O2. The molecule has 2 aliphatic rings. The third-order valence-electron chi connectivity index (χ3n) is 7.70. The number of rotatable bonds is 8. The summed E-state index contributed by atoms with van der Waals surface area (Å²) in [7, 11) is 0. The second-order valence-corrected chi connectivity index (χ2v) is 10.1. The summed E-state index contributed by atoms with van der Waals surface area (Å²) in [4.78, 5) is 28.8. The first-order valence-electron chi connectivity index (χ1n) is 12.7. The molecule has 2 fully saturated rings. The van der Waals surface area contributed by atoms with Gasteiger partial charge in [0, 0.05) is 34.8 Å². The van der Waals surface area contributed by atoms with E-state index in [1.807, 2.05) is 62.4 Å². The Hall–Kier alpha value is -4.00. The largest absolute Gasteiger partial charge is 0.355 e. The van der Waals surface area contributed by atoms with Gasteiger partial charge in [0.05, 0.1) is 17.5 Å². The molecule has 6 nitrogen and oxygen atoms in total. The lowest BCUT2D eigenvalue weighted by Gasteiger charge is -2.32. The Balaban J connectivity index is 1.56. The van der Waals surface area contributed by atoms with Gasteiger partial charge in [-0.05, 0) is 74.2 Å². The van der Waals surface area contributed by atoms with Crippen molar-refractivity contribution < 1.29 is 14.0 Å². The topological polar surface area (TPSA) is 85.3 Å². The van der Waals surface area contributed by atoms with Crippen LogP contribution in [0.1, 0.15) is 50.3 Å². The number of amides is 2. The second-order valence-electron chi connectivity index (χ2n) is 10.1. The van der Waals surface area contributed by atoms with Gasteiger partial charge >= 0.3 is 0 Å². The van der Waals surface area contributed by atoms with Crippen molar-refractivity contribution in [1.82, 2.24) is 5.32 Å².